The van der Waals surface area contributed by atoms with Gasteiger partial charge in [0.15, 0.2) is 11.5 Å². The molecule has 3 rings (SSSR count). The summed E-state index contributed by atoms with van der Waals surface area (Å²) in [6, 6.07) is 17.8. The van der Waals surface area contributed by atoms with E-state index in [1.165, 1.54) is 0 Å². The molecule has 0 atom stereocenters. The Labute approximate surface area is 143 Å². The lowest BCUT2D eigenvalue weighted by Crippen LogP contribution is -2.05. The molecular weight excluding hydrogens is 356 g/mol. The smallest absolute Gasteiger partial charge is 0.161 e. The largest absolute Gasteiger partial charge is 0.485 e. The van der Waals surface area contributed by atoms with Crippen molar-refractivity contribution in [2.24, 2.45) is 7.05 Å². The molecule has 0 aliphatic heterocycles. The molecule has 5 heteroatoms. The maximum absolute atomic E-state index is 5.92. The number of nitrogens with zero attached hydrogens (tertiary/aromatic N) is 2. The van der Waals surface area contributed by atoms with Gasteiger partial charge >= 0.3 is 0 Å². The zero-order valence-corrected chi connectivity index (χ0v) is 14.4. The Morgan fingerprint density at radius 2 is 1.52 bits per heavy atom. The Hall–Kier alpha value is -2.27. The van der Waals surface area contributed by atoms with Crippen LogP contribution in [0, 0.1) is 0 Å². The van der Waals surface area contributed by atoms with E-state index >= 15 is 0 Å². The minimum absolute atomic E-state index is 0.419. The SMILES string of the molecule is Cn1ncc(Br)c1COc1ccccc1OCc1ccccc1. The molecular formula is C18H17BrN2O2. The molecule has 4 nitrogen and oxygen atoms in total. The van der Waals surface area contributed by atoms with Crippen molar-refractivity contribution in [3.63, 3.8) is 0 Å². The van der Waals surface area contributed by atoms with Gasteiger partial charge < -0.3 is 9.47 Å². The van der Waals surface area contributed by atoms with Gasteiger partial charge in [-0.15, -0.1) is 0 Å². The molecule has 0 spiro atoms. The van der Waals surface area contributed by atoms with E-state index in [1.54, 1.807) is 10.9 Å². The number of benzene rings is 2. The van der Waals surface area contributed by atoms with Crippen LogP contribution in [0.5, 0.6) is 11.5 Å². The standard InChI is InChI=1S/C18H17BrN2O2/c1-21-16(15(19)11-20-21)13-23-18-10-6-5-9-17(18)22-12-14-7-3-2-4-8-14/h2-11H,12-13H2,1H3. The zero-order chi connectivity index (χ0) is 16.1. The number of hydrogen-bond acceptors (Lipinski definition) is 3. The summed E-state index contributed by atoms with van der Waals surface area (Å²) in [5.74, 6) is 1.45. The van der Waals surface area contributed by atoms with Gasteiger partial charge in [0.05, 0.1) is 16.4 Å². The van der Waals surface area contributed by atoms with E-state index < -0.39 is 0 Å². The third-order valence-electron chi connectivity index (χ3n) is 3.46. The van der Waals surface area contributed by atoms with Crippen LogP contribution in [0.15, 0.2) is 65.3 Å². The van der Waals surface area contributed by atoms with E-state index in [2.05, 4.69) is 21.0 Å². The molecule has 23 heavy (non-hydrogen) atoms. The summed E-state index contributed by atoms with van der Waals surface area (Å²) in [5.41, 5.74) is 2.10. The third kappa shape index (κ3) is 3.93. The lowest BCUT2D eigenvalue weighted by atomic mass is 10.2. The molecule has 0 saturated carbocycles. The van der Waals surface area contributed by atoms with E-state index in [0.717, 1.165) is 27.2 Å². The molecule has 0 fully saturated rings. The van der Waals surface area contributed by atoms with E-state index in [9.17, 15) is 0 Å². The summed E-state index contributed by atoms with van der Waals surface area (Å²) < 4.78 is 14.5. The summed E-state index contributed by atoms with van der Waals surface area (Å²) in [6.07, 6.45) is 1.76. The molecule has 0 aliphatic rings. The van der Waals surface area contributed by atoms with E-state index in [4.69, 9.17) is 9.47 Å². The second kappa shape index (κ2) is 7.33. The van der Waals surface area contributed by atoms with Crippen molar-refractivity contribution in [1.29, 1.82) is 0 Å². The van der Waals surface area contributed by atoms with Crippen molar-refractivity contribution in [3.8, 4) is 11.5 Å². The highest BCUT2D eigenvalue weighted by molar-refractivity contribution is 9.10. The molecule has 0 N–H and O–H groups in total. The molecule has 0 aliphatic carbocycles. The topological polar surface area (TPSA) is 36.3 Å². The lowest BCUT2D eigenvalue weighted by Gasteiger charge is -2.13. The Kier molecular flexibility index (Phi) is 4.98. The van der Waals surface area contributed by atoms with Crippen LogP contribution < -0.4 is 9.47 Å². The maximum Gasteiger partial charge on any atom is 0.161 e. The fraction of sp³-hybridized carbons (Fsp3) is 0.167. The summed E-state index contributed by atoms with van der Waals surface area (Å²) >= 11 is 3.48. The number of aryl methyl sites for hydroxylation is 1. The fourth-order valence-corrected chi connectivity index (χ4v) is 2.63. The van der Waals surface area contributed by atoms with Gasteiger partial charge in [-0.2, -0.15) is 5.10 Å². The molecule has 0 unspecified atom stereocenters. The van der Waals surface area contributed by atoms with E-state index in [1.807, 2.05) is 61.6 Å². The molecule has 0 saturated heterocycles. The molecule has 1 heterocycles. The first-order valence-electron chi connectivity index (χ1n) is 7.29. The van der Waals surface area contributed by atoms with Crippen LogP contribution in [0.3, 0.4) is 0 Å². The number of hydrogen-bond donors (Lipinski definition) is 0. The summed E-state index contributed by atoms with van der Waals surface area (Å²) in [5, 5.41) is 4.19. The normalized spacial score (nSPS) is 10.5. The number of halogens is 1. The first kappa shape index (κ1) is 15.6. The van der Waals surface area contributed by atoms with Gasteiger partial charge in [0.1, 0.15) is 13.2 Å². The van der Waals surface area contributed by atoms with E-state index in [-0.39, 0.29) is 0 Å². The molecule has 2 aromatic carbocycles. The summed E-state index contributed by atoms with van der Waals surface area (Å²) in [4.78, 5) is 0. The Bertz CT molecular complexity index is 752. The number of ether oxygens (including phenoxy) is 2. The van der Waals surface area contributed by atoms with Gasteiger partial charge in [-0.3, -0.25) is 4.68 Å². The average molecular weight is 373 g/mol. The summed E-state index contributed by atoms with van der Waals surface area (Å²) in [7, 11) is 1.89. The average Bonchev–Trinajstić information content (AvgIpc) is 2.91. The van der Waals surface area contributed by atoms with Crippen molar-refractivity contribution >= 4 is 15.9 Å². The molecule has 0 amide bonds. The Morgan fingerprint density at radius 3 is 2.13 bits per heavy atom. The van der Waals surface area contributed by atoms with Gasteiger partial charge in [0.2, 0.25) is 0 Å². The van der Waals surface area contributed by atoms with Crippen molar-refractivity contribution < 1.29 is 9.47 Å². The van der Waals surface area contributed by atoms with Crippen LogP contribution in [0.25, 0.3) is 0 Å². The first-order valence-corrected chi connectivity index (χ1v) is 8.08. The van der Waals surface area contributed by atoms with Gasteiger partial charge in [-0.05, 0) is 33.6 Å². The minimum atomic E-state index is 0.419. The summed E-state index contributed by atoms with van der Waals surface area (Å²) in [6.45, 7) is 0.930. The van der Waals surface area contributed by atoms with Crippen LogP contribution in [-0.2, 0) is 20.3 Å². The molecule has 0 radical (unpaired) electrons. The van der Waals surface area contributed by atoms with Crippen molar-refractivity contribution in [3.05, 3.63) is 76.5 Å². The van der Waals surface area contributed by atoms with Gasteiger partial charge in [-0.25, -0.2) is 0 Å². The highest BCUT2D eigenvalue weighted by atomic mass is 79.9. The third-order valence-corrected chi connectivity index (χ3v) is 4.12. The number of aromatic nitrogens is 2. The molecule has 0 bridgehead atoms. The van der Waals surface area contributed by atoms with Crippen molar-refractivity contribution in [1.82, 2.24) is 9.78 Å². The molecule has 1 aromatic heterocycles. The highest BCUT2D eigenvalue weighted by Gasteiger charge is 2.09. The number of rotatable bonds is 6. The van der Waals surface area contributed by atoms with Crippen molar-refractivity contribution in [2.45, 2.75) is 13.2 Å². The predicted octanol–water partition coefficient (Wildman–Crippen LogP) is 4.34. The number of para-hydroxylation sites is 2. The Morgan fingerprint density at radius 1 is 0.913 bits per heavy atom. The lowest BCUT2D eigenvalue weighted by molar-refractivity contribution is 0.251. The molecule has 118 valence electrons. The molecule has 3 aromatic rings. The van der Waals surface area contributed by atoms with Crippen LogP contribution >= 0.6 is 15.9 Å². The predicted molar refractivity (Wildman–Crippen MR) is 92.5 cm³/mol. The van der Waals surface area contributed by atoms with Crippen LogP contribution in [-0.4, -0.2) is 9.78 Å². The maximum atomic E-state index is 5.92. The van der Waals surface area contributed by atoms with Crippen LogP contribution in [0.1, 0.15) is 11.3 Å². The van der Waals surface area contributed by atoms with E-state index in [0.29, 0.717) is 13.2 Å². The van der Waals surface area contributed by atoms with Gasteiger partial charge in [-0.1, -0.05) is 42.5 Å². The van der Waals surface area contributed by atoms with Gasteiger partial charge in [0.25, 0.3) is 0 Å². The minimum Gasteiger partial charge on any atom is -0.485 e. The van der Waals surface area contributed by atoms with Gasteiger partial charge in [0, 0.05) is 7.05 Å². The highest BCUT2D eigenvalue weighted by Crippen LogP contribution is 2.28. The van der Waals surface area contributed by atoms with Crippen LogP contribution in [0.4, 0.5) is 0 Å². The second-order valence-electron chi connectivity index (χ2n) is 5.07. The monoisotopic (exact) mass is 372 g/mol. The van der Waals surface area contributed by atoms with Crippen LogP contribution in [0.2, 0.25) is 0 Å². The Balaban J connectivity index is 1.68. The first-order chi connectivity index (χ1) is 11.2. The zero-order valence-electron chi connectivity index (χ0n) is 12.8. The fourth-order valence-electron chi connectivity index (χ4n) is 2.17. The second-order valence-corrected chi connectivity index (χ2v) is 5.93. The van der Waals surface area contributed by atoms with Crippen molar-refractivity contribution in [2.75, 3.05) is 0 Å². The quantitative estimate of drug-likeness (QED) is 0.645.